The highest BCUT2D eigenvalue weighted by Crippen LogP contribution is 2.28. The van der Waals surface area contributed by atoms with Gasteiger partial charge in [0.15, 0.2) is 25.1 Å². The van der Waals surface area contributed by atoms with Crippen LogP contribution in [0.1, 0.15) is 17.3 Å². The Kier molecular flexibility index (Phi) is 5.61. The maximum absolute atomic E-state index is 12.2. The van der Waals surface area contributed by atoms with Crippen LogP contribution in [0.25, 0.3) is 0 Å². The third-order valence-corrected chi connectivity index (χ3v) is 3.99. The minimum atomic E-state index is -0.893. The van der Waals surface area contributed by atoms with Crippen molar-refractivity contribution in [2.24, 2.45) is 0 Å². The van der Waals surface area contributed by atoms with Crippen molar-refractivity contribution in [3.8, 4) is 11.5 Å². The molecule has 1 heterocycles. The second-order valence-electron chi connectivity index (χ2n) is 5.79. The fourth-order valence-corrected chi connectivity index (χ4v) is 2.49. The molecule has 1 atom stereocenters. The van der Waals surface area contributed by atoms with Crippen LogP contribution in [0.5, 0.6) is 11.5 Å². The summed E-state index contributed by atoms with van der Waals surface area (Å²) >= 11 is 5.79. The van der Waals surface area contributed by atoms with Gasteiger partial charge in [0.05, 0.1) is 5.69 Å². The van der Waals surface area contributed by atoms with Crippen LogP contribution in [-0.2, 0) is 14.3 Å². The highest BCUT2D eigenvalue weighted by molar-refractivity contribution is 6.30. The summed E-state index contributed by atoms with van der Waals surface area (Å²) in [4.78, 5) is 35.6. The van der Waals surface area contributed by atoms with Gasteiger partial charge in [0.1, 0.15) is 11.5 Å². The van der Waals surface area contributed by atoms with Crippen LogP contribution in [0.3, 0.4) is 0 Å². The zero-order chi connectivity index (χ0) is 19.4. The Balaban J connectivity index is 1.55. The van der Waals surface area contributed by atoms with Crippen molar-refractivity contribution in [2.45, 2.75) is 13.0 Å². The SMILES string of the molecule is CC(Oc1ccc(Cl)cc1)C(=O)OCC(=O)c1ccc2c(c1)NC(=O)CO2. The molecular formula is C19H16ClNO6. The molecule has 1 aliphatic heterocycles. The second-order valence-corrected chi connectivity index (χ2v) is 6.23. The lowest BCUT2D eigenvalue weighted by Crippen LogP contribution is -2.28. The molecule has 1 unspecified atom stereocenters. The van der Waals surface area contributed by atoms with Gasteiger partial charge in [-0.2, -0.15) is 0 Å². The molecule has 1 N–H and O–H groups in total. The van der Waals surface area contributed by atoms with Gasteiger partial charge in [-0.15, -0.1) is 0 Å². The van der Waals surface area contributed by atoms with E-state index >= 15 is 0 Å². The molecule has 0 fully saturated rings. The van der Waals surface area contributed by atoms with Crippen molar-refractivity contribution in [2.75, 3.05) is 18.5 Å². The molecule has 0 aromatic heterocycles. The van der Waals surface area contributed by atoms with Crippen molar-refractivity contribution in [1.29, 1.82) is 0 Å². The Morgan fingerprint density at radius 2 is 1.96 bits per heavy atom. The number of fused-ring (bicyclic) bond motifs is 1. The van der Waals surface area contributed by atoms with Crippen molar-refractivity contribution < 1.29 is 28.6 Å². The van der Waals surface area contributed by atoms with E-state index in [9.17, 15) is 14.4 Å². The zero-order valence-corrected chi connectivity index (χ0v) is 15.1. The van der Waals surface area contributed by atoms with Crippen LogP contribution in [0.4, 0.5) is 5.69 Å². The number of ketones is 1. The number of Topliss-reactive ketones (excluding diaryl/α,β-unsaturated/α-hetero) is 1. The molecule has 0 radical (unpaired) electrons. The monoisotopic (exact) mass is 389 g/mol. The average Bonchev–Trinajstić information content (AvgIpc) is 2.66. The lowest BCUT2D eigenvalue weighted by molar-refractivity contribution is -0.149. The van der Waals surface area contributed by atoms with E-state index in [-0.39, 0.29) is 12.5 Å². The maximum Gasteiger partial charge on any atom is 0.347 e. The lowest BCUT2D eigenvalue weighted by atomic mass is 10.1. The molecular weight excluding hydrogens is 374 g/mol. The molecule has 1 aliphatic rings. The first-order valence-electron chi connectivity index (χ1n) is 8.11. The number of rotatable bonds is 6. The normalized spacial score (nSPS) is 13.6. The summed E-state index contributed by atoms with van der Waals surface area (Å²) in [5.74, 6) is -0.446. The predicted octanol–water partition coefficient (Wildman–Crippen LogP) is 2.86. The summed E-state index contributed by atoms with van der Waals surface area (Å²) in [6.45, 7) is 1.01. The molecule has 0 saturated carbocycles. The van der Waals surface area contributed by atoms with E-state index in [0.717, 1.165) is 0 Å². The molecule has 2 aromatic rings. The standard InChI is InChI=1S/C19H16ClNO6/c1-11(27-14-5-3-13(20)4-6-14)19(24)26-9-16(22)12-2-7-17-15(8-12)21-18(23)10-25-17/h2-8,11H,9-10H2,1H3,(H,21,23). The Morgan fingerprint density at radius 3 is 2.70 bits per heavy atom. The van der Waals surface area contributed by atoms with Gasteiger partial charge >= 0.3 is 5.97 Å². The fourth-order valence-electron chi connectivity index (χ4n) is 2.36. The Labute approximate surface area is 160 Å². The number of esters is 1. The first-order valence-corrected chi connectivity index (χ1v) is 8.49. The summed E-state index contributed by atoms with van der Waals surface area (Å²) in [6, 6.07) is 11.1. The number of halogens is 1. The number of anilines is 1. The van der Waals surface area contributed by atoms with Gasteiger partial charge in [-0.05, 0) is 49.4 Å². The van der Waals surface area contributed by atoms with Crippen LogP contribution in [0.15, 0.2) is 42.5 Å². The number of carbonyl (C=O) groups is 3. The van der Waals surface area contributed by atoms with E-state index in [2.05, 4.69) is 5.32 Å². The van der Waals surface area contributed by atoms with Crippen molar-refractivity contribution >= 4 is 34.9 Å². The number of benzene rings is 2. The highest BCUT2D eigenvalue weighted by atomic mass is 35.5. The molecule has 27 heavy (non-hydrogen) atoms. The smallest absolute Gasteiger partial charge is 0.347 e. The van der Waals surface area contributed by atoms with E-state index < -0.39 is 24.5 Å². The van der Waals surface area contributed by atoms with Gasteiger partial charge in [-0.25, -0.2) is 4.79 Å². The molecule has 2 aromatic carbocycles. The van der Waals surface area contributed by atoms with Gasteiger partial charge in [0, 0.05) is 10.6 Å². The highest BCUT2D eigenvalue weighted by Gasteiger charge is 2.21. The maximum atomic E-state index is 12.2. The van der Waals surface area contributed by atoms with Crippen LogP contribution in [0.2, 0.25) is 5.02 Å². The van der Waals surface area contributed by atoms with Crippen LogP contribution in [0, 0.1) is 0 Å². The van der Waals surface area contributed by atoms with Crippen LogP contribution in [-0.4, -0.2) is 37.0 Å². The van der Waals surface area contributed by atoms with Crippen molar-refractivity contribution in [1.82, 2.24) is 0 Å². The lowest BCUT2D eigenvalue weighted by Gasteiger charge is -2.18. The molecule has 140 valence electrons. The molecule has 1 amide bonds. The van der Waals surface area contributed by atoms with Gasteiger partial charge in [-0.3, -0.25) is 9.59 Å². The second kappa shape index (κ2) is 8.09. The van der Waals surface area contributed by atoms with Crippen molar-refractivity contribution in [3.63, 3.8) is 0 Å². The Bertz CT molecular complexity index is 880. The van der Waals surface area contributed by atoms with Crippen LogP contribution >= 0.6 is 11.6 Å². The van der Waals surface area contributed by atoms with E-state index in [1.165, 1.54) is 13.0 Å². The average molecular weight is 390 g/mol. The van der Waals surface area contributed by atoms with E-state index in [1.807, 2.05) is 0 Å². The van der Waals surface area contributed by atoms with Crippen molar-refractivity contribution in [3.05, 3.63) is 53.1 Å². The molecule has 0 aliphatic carbocycles. The molecule has 0 spiro atoms. The number of hydrogen-bond donors (Lipinski definition) is 1. The largest absolute Gasteiger partial charge is 0.482 e. The number of hydrogen-bond acceptors (Lipinski definition) is 6. The summed E-state index contributed by atoms with van der Waals surface area (Å²) in [6.07, 6.45) is -0.893. The molecule has 7 nitrogen and oxygen atoms in total. The summed E-state index contributed by atoms with van der Waals surface area (Å²) in [7, 11) is 0. The van der Waals surface area contributed by atoms with Gasteiger partial charge in [-0.1, -0.05) is 11.6 Å². The first kappa shape index (κ1) is 18.7. The van der Waals surface area contributed by atoms with E-state index in [4.69, 9.17) is 25.8 Å². The number of amides is 1. The Hall–Kier alpha value is -3.06. The van der Waals surface area contributed by atoms with Gasteiger partial charge in [0.25, 0.3) is 5.91 Å². The van der Waals surface area contributed by atoms with Gasteiger partial charge in [0.2, 0.25) is 0 Å². The van der Waals surface area contributed by atoms with Crippen LogP contribution < -0.4 is 14.8 Å². The third-order valence-electron chi connectivity index (χ3n) is 3.74. The molecule has 0 saturated heterocycles. The first-order chi connectivity index (χ1) is 12.9. The number of carbonyl (C=O) groups excluding carboxylic acids is 3. The topological polar surface area (TPSA) is 90.9 Å². The summed E-state index contributed by atoms with van der Waals surface area (Å²) in [5, 5.41) is 3.17. The molecule has 8 heteroatoms. The molecule has 0 bridgehead atoms. The fraction of sp³-hybridized carbons (Fsp3) is 0.211. The van der Waals surface area contributed by atoms with E-state index in [0.29, 0.717) is 27.8 Å². The quantitative estimate of drug-likeness (QED) is 0.603. The third kappa shape index (κ3) is 4.77. The van der Waals surface area contributed by atoms with Gasteiger partial charge < -0.3 is 19.5 Å². The minimum absolute atomic E-state index is 0.0661. The zero-order valence-electron chi connectivity index (χ0n) is 14.4. The molecule has 3 rings (SSSR count). The predicted molar refractivity (Wildman–Crippen MR) is 97.4 cm³/mol. The summed E-state index contributed by atoms with van der Waals surface area (Å²) < 4.78 is 15.7. The number of nitrogens with one attached hydrogen (secondary N) is 1. The Morgan fingerprint density at radius 1 is 1.22 bits per heavy atom. The minimum Gasteiger partial charge on any atom is -0.482 e. The number of ether oxygens (including phenoxy) is 3. The van der Waals surface area contributed by atoms with E-state index in [1.54, 1.807) is 36.4 Å². The summed E-state index contributed by atoms with van der Waals surface area (Å²) in [5.41, 5.74) is 0.696.